The largest absolute Gasteiger partial charge is 0.433 e. The maximum atomic E-state index is 13.3. The molecule has 0 aromatic carbocycles. The molecule has 0 radical (unpaired) electrons. The van der Waals surface area contributed by atoms with Gasteiger partial charge in [0, 0.05) is 45.4 Å². The van der Waals surface area contributed by atoms with Crippen molar-refractivity contribution in [2.75, 3.05) is 37.0 Å². The van der Waals surface area contributed by atoms with E-state index in [0.29, 0.717) is 25.2 Å². The molecule has 0 spiro atoms. The molecule has 3 aromatic heterocycles. The Morgan fingerprint density at radius 1 is 1.00 bits per heavy atom. The number of nitrogens with zero attached hydrogens (tertiary/aromatic N) is 7. The summed E-state index contributed by atoms with van der Waals surface area (Å²) >= 11 is 0. The highest BCUT2D eigenvalue weighted by molar-refractivity contribution is 5.46. The van der Waals surface area contributed by atoms with Crippen molar-refractivity contribution < 1.29 is 26.3 Å². The Bertz CT molecular complexity index is 1120. The summed E-state index contributed by atoms with van der Waals surface area (Å²) in [7, 11) is 3.15. The van der Waals surface area contributed by atoms with Crippen LogP contribution in [-0.2, 0) is 12.4 Å². The zero-order valence-electron chi connectivity index (χ0n) is 17.1. The van der Waals surface area contributed by atoms with Crippen molar-refractivity contribution >= 4 is 17.4 Å². The first-order valence-corrected chi connectivity index (χ1v) is 9.74. The molecular weight excluding hydrogens is 440 g/mol. The van der Waals surface area contributed by atoms with Crippen molar-refractivity contribution in [2.45, 2.75) is 31.1 Å². The summed E-state index contributed by atoms with van der Waals surface area (Å²) < 4.78 is 80.8. The Hall–Kier alpha value is -3.12. The lowest BCUT2D eigenvalue weighted by atomic mass is 9.97. The third-order valence-electron chi connectivity index (χ3n) is 5.27. The Kier molecular flexibility index (Phi) is 5.37. The van der Waals surface area contributed by atoms with E-state index in [4.69, 9.17) is 0 Å². The SMILES string of the molecule is CN(C)c1cc(C(F)(F)F)nc(N2CCCC(c3nnc4ccc(C(F)(F)F)cn34)C2)n1. The molecular formula is C19H19F6N7. The third kappa shape index (κ3) is 4.28. The maximum Gasteiger partial charge on any atom is 0.433 e. The number of aromatic nitrogens is 5. The first kappa shape index (κ1) is 22.1. The van der Waals surface area contributed by atoms with Crippen molar-refractivity contribution in [3.8, 4) is 0 Å². The van der Waals surface area contributed by atoms with Crippen LogP contribution < -0.4 is 9.80 Å². The van der Waals surface area contributed by atoms with E-state index < -0.39 is 23.6 Å². The van der Waals surface area contributed by atoms with Crippen molar-refractivity contribution in [3.63, 3.8) is 0 Å². The molecule has 0 aliphatic carbocycles. The van der Waals surface area contributed by atoms with E-state index in [9.17, 15) is 26.3 Å². The fourth-order valence-electron chi connectivity index (χ4n) is 3.66. The molecule has 0 saturated carbocycles. The first-order valence-electron chi connectivity index (χ1n) is 9.74. The predicted molar refractivity (Wildman–Crippen MR) is 104 cm³/mol. The van der Waals surface area contributed by atoms with Gasteiger partial charge in [0.25, 0.3) is 0 Å². The topological polar surface area (TPSA) is 62.5 Å². The van der Waals surface area contributed by atoms with Gasteiger partial charge in [-0.15, -0.1) is 10.2 Å². The van der Waals surface area contributed by atoms with E-state index in [-0.39, 0.29) is 29.9 Å². The Labute approximate surface area is 178 Å². The van der Waals surface area contributed by atoms with Gasteiger partial charge in [0.2, 0.25) is 5.95 Å². The third-order valence-corrected chi connectivity index (χ3v) is 5.27. The van der Waals surface area contributed by atoms with Crippen LogP contribution in [0.4, 0.5) is 38.1 Å². The van der Waals surface area contributed by atoms with Gasteiger partial charge in [-0.25, -0.2) is 4.98 Å². The number of hydrogen-bond acceptors (Lipinski definition) is 6. The Morgan fingerprint density at radius 3 is 2.41 bits per heavy atom. The number of piperidine rings is 1. The van der Waals surface area contributed by atoms with Crippen LogP contribution in [0.25, 0.3) is 5.65 Å². The van der Waals surface area contributed by atoms with Crippen molar-refractivity contribution in [3.05, 3.63) is 41.5 Å². The number of pyridine rings is 1. The van der Waals surface area contributed by atoms with Gasteiger partial charge in [-0.2, -0.15) is 31.3 Å². The van der Waals surface area contributed by atoms with Gasteiger partial charge in [0.15, 0.2) is 11.3 Å². The summed E-state index contributed by atoms with van der Waals surface area (Å²) in [5.41, 5.74) is -1.64. The van der Waals surface area contributed by atoms with E-state index in [1.54, 1.807) is 19.0 Å². The van der Waals surface area contributed by atoms with Crippen LogP contribution in [0.15, 0.2) is 24.4 Å². The second-order valence-electron chi connectivity index (χ2n) is 7.79. The number of hydrogen-bond donors (Lipinski definition) is 0. The van der Waals surface area contributed by atoms with Crippen LogP contribution in [0.2, 0.25) is 0 Å². The van der Waals surface area contributed by atoms with E-state index in [1.807, 2.05) is 0 Å². The summed E-state index contributed by atoms with van der Waals surface area (Å²) in [6, 6.07) is 3.04. The predicted octanol–water partition coefficient (Wildman–Crippen LogP) is 4.01. The molecule has 1 fully saturated rings. The quantitative estimate of drug-likeness (QED) is 0.552. The van der Waals surface area contributed by atoms with Gasteiger partial charge < -0.3 is 9.80 Å². The van der Waals surface area contributed by atoms with Crippen LogP contribution in [0.1, 0.15) is 35.8 Å². The van der Waals surface area contributed by atoms with Crippen LogP contribution in [0, 0.1) is 0 Å². The lowest BCUT2D eigenvalue weighted by Crippen LogP contribution is -2.37. The van der Waals surface area contributed by atoms with E-state index in [0.717, 1.165) is 18.3 Å². The Morgan fingerprint density at radius 2 is 1.75 bits per heavy atom. The maximum absolute atomic E-state index is 13.3. The molecule has 0 N–H and O–H groups in total. The second kappa shape index (κ2) is 7.78. The highest BCUT2D eigenvalue weighted by Crippen LogP contribution is 2.34. The van der Waals surface area contributed by atoms with Crippen molar-refractivity contribution in [2.24, 2.45) is 0 Å². The molecule has 3 aromatic rings. The number of halogens is 6. The fraction of sp³-hybridized carbons (Fsp3) is 0.474. The van der Waals surface area contributed by atoms with Gasteiger partial charge in [-0.05, 0) is 25.0 Å². The molecule has 0 bridgehead atoms. The summed E-state index contributed by atoms with van der Waals surface area (Å²) in [4.78, 5) is 11.0. The summed E-state index contributed by atoms with van der Waals surface area (Å²) in [6.07, 6.45) is -7.06. The van der Waals surface area contributed by atoms with Gasteiger partial charge >= 0.3 is 12.4 Å². The van der Waals surface area contributed by atoms with Gasteiger partial charge in [0.05, 0.1) is 5.56 Å². The van der Waals surface area contributed by atoms with Crippen molar-refractivity contribution in [1.29, 1.82) is 0 Å². The molecule has 1 unspecified atom stereocenters. The molecule has 7 nitrogen and oxygen atoms in total. The van der Waals surface area contributed by atoms with Crippen molar-refractivity contribution in [1.82, 2.24) is 24.6 Å². The minimum Gasteiger partial charge on any atom is -0.363 e. The molecule has 1 aliphatic rings. The number of alkyl halides is 6. The molecule has 1 saturated heterocycles. The van der Waals surface area contributed by atoms with Gasteiger partial charge in [-0.3, -0.25) is 4.40 Å². The summed E-state index contributed by atoms with van der Waals surface area (Å²) in [5.74, 6) is -0.0241. The summed E-state index contributed by atoms with van der Waals surface area (Å²) in [5, 5.41) is 8.00. The molecule has 1 atom stereocenters. The molecule has 1 aliphatic heterocycles. The standard InChI is InChI=1S/C19H19F6N7/c1-30(2)15-8-13(19(23,24)25)26-17(27-15)31-7-3-4-11(9-31)16-29-28-14-6-5-12(10-32(14)16)18(20,21)22/h5-6,8,10-11H,3-4,7,9H2,1-2H3. The van der Waals surface area contributed by atoms with Gasteiger partial charge in [0.1, 0.15) is 11.6 Å². The first-order chi connectivity index (χ1) is 14.9. The average Bonchev–Trinajstić information content (AvgIpc) is 3.15. The van der Waals surface area contributed by atoms with Crippen LogP contribution >= 0.6 is 0 Å². The monoisotopic (exact) mass is 459 g/mol. The lowest BCUT2D eigenvalue weighted by molar-refractivity contribution is -0.141. The fourth-order valence-corrected chi connectivity index (χ4v) is 3.66. The molecule has 4 heterocycles. The minimum absolute atomic E-state index is 0.0852. The highest BCUT2D eigenvalue weighted by Gasteiger charge is 2.36. The Balaban J connectivity index is 1.68. The highest BCUT2D eigenvalue weighted by atomic mass is 19.4. The van der Waals surface area contributed by atoms with E-state index in [1.165, 1.54) is 15.4 Å². The zero-order chi connectivity index (χ0) is 23.3. The molecule has 0 amide bonds. The number of fused-ring (bicyclic) bond motifs is 1. The average molecular weight is 459 g/mol. The van der Waals surface area contributed by atoms with E-state index in [2.05, 4.69) is 20.2 Å². The molecule has 4 rings (SSSR count). The molecule has 13 heteroatoms. The van der Waals surface area contributed by atoms with E-state index >= 15 is 0 Å². The smallest absolute Gasteiger partial charge is 0.363 e. The summed E-state index contributed by atoms with van der Waals surface area (Å²) in [6.45, 7) is 0.612. The van der Waals surface area contributed by atoms with Crippen LogP contribution in [0.5, 0.6) is 0 Å². The number of rotatable bonds is 3. The van der Waals surface area contributed by atoms with Gasteiger partial charge in [-0.1, -0.05) is 0 Å². The van der Waals surface area contributed by atoms with Crippen LogP contribution in [0.3, 0.4) is 0 Å². The zero-order valence-corrected chi connectivity index (χ0v) is 17.1. The molecule has 32 heavy (non-hydrogen) atoms. The lowest BCUT2D eigenvalue weighted by Gasteiger charge is -2.32. The molecule has 172 valence electrons. The van der Waals surface area contributed by atoms with Crippen LogP contribution in [-0.4, -0.2) is 51.8 Å². The normalized spacial score (nSPS) is 17.8. The minimum atomic E-state index is -4.64. The number of anilines is 2. The second-order valence-corrected chi connectivity index (χ2v) is 7.79.